The van der Waals surface area contributed by atoms with Crippen molar-refractivity contribution in [3.8, 4) is 0 Å². The van der Waals surface area contributed by atoms with Crippen LogP contribution in [0.5, 0.6) is 0 Å². The molecule has 1 aromatic rings. The van der Waals surface area contributed by atoms with Gasteiger partial charge in [-0.25, -0.2) is 0 Å². The summed E-state index contributed by atoms with van der Waals surface area (Å²) in [6.45, 7) is 0.962. The summed E-state index contributed by atoms with van der Waals surface area (Å²) in [6.07, 6.45) is 0.0232. The molecule has 0 spiro atoms. The summed E-state index contributed by atoms with van der Waals surface area (Å²) >= 11 is 0. The predicted octanol–water partition coefficient (Wildman–Crippen LogP) is 3.88. The monoisotopic (exact) mass is 271 g/mol. The van der Waals surface area contributed by atoms with Crippen LogP contribution in [0, 0.1) is 11.8 Å². The van der Waals surface area contributed by atoms with E-state index in [2.05, 4.69) is 5.32 Å². The van der Waals surface area contributed by atoms with E-state index in [0.29, 0.717) is 11.8 Å². The van der Waals surface area contributed by atoms with E-state index in [1.807, 2.05) is 13.1 Å². The van der Waals surface area contributed by atoms with Gasteiger partial charge in [-0.1, -0.05) is 24.6 Å². The van der Waals surface area contributed by atoms with Crippen molar-refractivity contribution in [3.63, 3.8) is 0 Å². The molecular formula is C15H20F3N. The van der Waals surface area contributed by atoms with Gasteiger partial charge < -0.3 is 5.32 Å². The Kier molecular flexibility index (Phi) is 4.50. The first kappa shape index (κ1) is 14.4. The Balaban J connectivity index is 2.06. The lowest BCUT2D eigenvalue weighted by Gasteiger charge is -2.19. The molecule has 0 amide bonds. The Bertz CT molecular complexity index is 414. The fourth-order valence-corrected chi connectivity index (χ4v) is 3.09. The highest BCUT2D eigenvalue weighted by Gasteiger charge is 2.31. The van der Waals surface area contributed by atoms with Crippen LogP contribution in [0.4, 0.5) is 13.2 Å². The van der Waals surface area contributed by atoms with Gasteiger partial charge in [0, 0.05) is 0 Å². The molecule has 19 heavy (non-hydrogen) atoms. The summed E-state index contributed by atoms with van der Waals surface area (Å²) in [4.78, 5) is 0. The first-order valence-corrected chi connectivity index (χ1v) is 6.81. The van der Waals surface area contributed by atoms with Gasteiger partial charge in [0.05, 0.1) is 5.56 Å². The minimum atomic E-state index is -4.24. The normalized spacial score (nSPS) is 23.8. The third-order valence-corrected chi connectivity index (χ3v) is 4.04. The number of rotatable bonds is 4. The minimum absolute atomic E-state index is 0.510. The van der Waals surface area contributed by atoms with Gasteiger partial charge in [-0.2, -0.15) is 13.2 Å². The van der Waals surface area contributed by atoms with E-state index in [0.717, 1.165) is 31.0 Å². The molecule has 1 N–H and O–H groups in total. The number of benzene rings is 1. The van der Waals surface area contributed by atoms with Crippen LogP contribution in [0.3, 0.4) is 0 Å². The van der Waals surface area contributed by atoms with Crippen molar-refractivity contribution < 1.29 is 13.2 Å². The number of halogens is 3. The Morgan fingerprint density at radius 2 is 1.95 bits per heavy atom. The summed E-state index contributed by atoms with van der Waals surface area (Å²) in [5.41, 5.74) is 0.274. The molecule has 1 fully saturated rings. The van der Waals surface area contributed by atoms with E-state index in [1.54, 1.807) is 0 Å². The van der Waals surface area contributed by atoms with Crippen molar-refractivity contribution in [2.24, 2.45) is 11.8 Å². The highest BCUT2D eigenvalue weighted by Crippen LogP contribution is 2.35. The molecule has 1 aliphatic carbocycles. The van der Waals surface area contributed by atoms with Gasteiger partial charge in [0.2, 0.25) is 0 Å². The van der Waals surface area contributed by atoms with Crippen molar-refractivity contribution >= 4 is 0 Å². The zero-order chi connectivity index (χ0) is 13.9. The molecule has 0 saturated heterocycles. The zero-order valence-corrected chi connectivity index (χ0v) is 11.1. The van der Waals surface area contributed by atoms with Gasteiger partial charge in [-0.3, -0.25) is 0 Å². The third-order valence-electron chi connectivity index (χ3n) is 4.04. The third kappa shape index (κ3) is 3.72. The fraction of sp³-hybridized carbons (Fsp3) is 0.600. The second-order valence-corrected chi connectivity index (χ2v) is 5.41. The zero-order valence-electron chi connectivity index (χ0n) is 11.1. The average Bonchev–Trinajstić information content (AvgIpc) is 2.77. The summed E-state index contributed by atoms with van der Waals surface area (Å²) < 4.78 is 38.0. The van der Waals surface area contributed by atoms with Gasteiger partial charge in [0.1, 0.15) is 0 Å². The molecule has 0 heterocycles. The Morgan fingerprint density at radius 3 is 2.63 bits per heavy atom. The van der Waals surface area contributed by atoms with E-state index < -0.39 is 11.7 Å². The molecule has 0 radical (unpaired) electrons. The quantitative estimate of drug-likeness (QED) is 0.876. The molecule has 4 heteroatoms. The molecule has 0 aliphatic heterocycles. The molecule has 0 bridgehead atoms. The Morgan fingerprint density at radius 1 is 1.21 bits per heavy atom. The van der Waals surface area contributed by atoms with Crippen molar-refractivity contribution in [1.29, 1.82) is 0 Å². The smallest absolute Gasteiger partial charge is 0.319 e. The minimum Gasteiger partial charge on any atom is -0.319 e. The molecule has 106 valence electrons. The van der Waals surface area contributed by atoms with Crippen molar-refractivity contribution in [2.45, 2.75) is 31.9 Å². The topological polar surface area (TPSA) is 12.0 Å². The van der Waals surface area contributed by atoms with Crippen LogP contribution in [0.1, 0.15) is 30.4 Å². The average molecular weight is 271 g/mol. The maximum Gasteiger partial charge on any atom is 0.416 e. The Hall–Kier alpha value is -1.03. The van der Waals surface area contributed by atoms with Crippen LogP contribution in [0.15, 0.2) is 24.3 Å². The molecule has 1 saturated carbocycles. The highest BCUT2D eigenvalue weighted by molar-refractivity contribution is 5.26. The lowest BCUT2D eigenvalue weighted by atomic mass is 9.89. The summed E-state index contributed by atoms with van der Waals surface area (Å²) in [5, 5.41) is 3.18. The van der Waals surface area contributed by atoms with Crippen molar-refractivity contribution in [2.75, 3.05) is 13.6 Å². The molecular weight excluding hydrogens is 251 g/mol. The molecule has 1 aliphatic rings. The van der Waals surface area contributed by atoms with Crippen molar-refractivity contribution in [1.82, 2.24) is 5.32 Å². The maximum atomic E-state index is 12.7. The molecule has 2 unspecified atom stereocenters. The summed E-state index contributed by atoms with van der Waals surface area (Å²) in [7, 11) is 1.93. The van der Waals surface area contributed by atoms with Gasteiger partial charge in [0.25, 0.3) is 0 Å². The largest absolute Gasteiger partial charge is 0.416 e. The lowest BCUT2D eigenvalue weighted by Crippen LogP contribution is -2.23. The van der Waals surface area contributed by atoms with Crippen LogP contribution in [0.25, 0.3) is 0 Å². The number of hydrogen-bond donors (Lipinski definition) is 1. The van der Waals surface area contributed by atoms with Gasteiger partial charge in [-0.05, 0) is 56.3 Å². The number of alkyl halides is 3. The van der Waals surface area contributed by atoms with E-state index in [-0.39, 0.29) is 0 Å². The van der Waals surface area contributed by atoms with E-state index in [4.69, 9.17) is 0 Å². The standard InChI is InChI=1S/C15H20F3N/c1-19-10-13-6-3-5-12(13)8-11-4-2-7-14(9-11)15(16,17)18/h2,4,7,9,12-13,19H,3,5-6,8,10H2,1H3. The van der Waals surface area contributed by atoms with Crippen LogP contribution in [-0.4, -0.2) is 13.6 Å². The first-order valence-electron chi connectivity index (χ1n) is 6.81. The van der Waals surface area contributed by atoms with Crippen LogP contribution < -0.4 is 5.32 Å². The van der Waals surface area contributed by atoms with Gasteiger partial charge >= 0.3 is 6.18 Å². The van der Waals surface area contributed by atoms with Crippen LogP contribution in [-0.2, 0) is 12.6 Å². The lowest BCUT2D eigenvalue weighted by molar-refractivity contribution is -0.137. The molecule has 1 nitrogen and oxygen atoms in total. The van der Waals surface area contributed by atoms with Gasteiger partial charge in [-0.15, -0.1) is 0 Å². The molecule has 0 aromatic heterocycles. The first-order chi connectivity index (χ1) is 9.00. The van der Waals surface area contributed by atoms with E-state index >= 15 is 0 Å². The number of nitrogens with one attached hydrogen (secondary N) is 1. The molecule has 1 aromatic carbocycles. The van der Waals surface area contributed by atoms with Crippen LogP contribution in [0.2, 0.25) is 0 Å². The Labute approximate surface area is 112 Å². The van der Waals surface area contributed by atoms with Crippen LogP contribution >= 0.6 is 0 Å². The predicted molar refractivity (Wildman–Crippen MR) is 69.9 cm³/mol. The summed E-state index contributed by atoms with van der Waals surface area (Å²) in [5.74, 6) is 1.11. The van der Waals surface area contributed by atoms with E-state index in [9.17, 15) is 13.2 Å². The summed E-state index contributed by atoms with van der Waals surface area (Å²) in [6, 6.07) is 5.77. The second kappa shape index (κ2) is 5.95. The number of hydrogen-bond acceptors (Lipinski definition) is 1. The molecule has 2 atom stereocenters. The van der Waals surface area contributed by atoms with E-state index in [1.165, 1.54) is 25.0 Å². The fourth-order valence-electron chi connectivity index (χ4n) is 3.09. The SMILES string of the molecule is CNCC1CCCC1Cc1cccc(C(F)(F)F)c1. The second-order valence-electron chi connectivity index (χ2n) is 5.41. The van der Waals surface area contributed by atoms with Crippen molar-refractivity contribution in [3.05, 3.63) is 35.4 Å². The highest BCUT2D eigenvalue weighted by atomic mass is 19.4. The van der Waals surface area contributed by atoms with Gasteiger partial charge in [0.15, 0.2) is 0 Å². The molecule has 2 rings (SSSR count). The maximum absolute atomic E-state index is 12.7.